The van der Waals surface area contributed by atoms with Crippen molar-refractivity contribution in [3.05, 3.63) is 0 Å². The minimum atomic E-state index is -0.571. The van der Waals surface area contributed by atoms with E-state index in [1.165, 1.54) is 0 Å². The van der Waals surface area contributed by atoms with Crippen LogP contribution in [0.4, 0.5) is 0 Å². The molecule has 1 saturated heterocycles. The van der Waals surface area contributed by atoms with Crippen LogP contribution in [-0.2, 0) is 9.47 Å². The zero-order valence-corrected chi connectivity index (χ0v) is 7.15. The highest BCUT2D eigenvalue weighted by atomic mass is 35.5. The summed E-state index contributed by atoms with van der Waals surface area (Å²) < 4.78 is 10.5. The molecule has 0 amide bonds. The van der Waals surface area contributed by atoms with Crippen LogP contribution in [0, 0.1) is 0 Å². The third kappa shape index (κ3) is 1.44. The van der Waals surface area contributed by atoms with Gasteiger partial charge in [0, 0.05) is 13.7 Å². The van der Waals surface area contributed by atoms with Gasteiger partial charge >= 0.3 is 0 Å². The van der Waals surface area contributed by atoms with Crippen molar-refractivity contribution in [3.63, 3.8) is 0 Å². The second-order valence-corrected chi connectivity index (χ2v) is 3.25. The molecule has 1 aliphatic heterocycles. The van der Waals surface area contributed by atoms with Gasteiger partial charge in [-0.25, -0.2) is 0 Å². The first-order valence-corrected chi connectivity index (χ1v) is 3.92. The highest BCUT2D eigenvalue weighted by Crippen LogP contribution is 2.32. The van der Waals surface area contributed by atoms with E-state index < -0.39 is 5.06 Å². The van der Waals surface area contributed by atoms with Crippen LogP contribution in [0.3, 0.4) is 0 Å². The van der Waals surface area contributed by atoms with Crippen LogP contribution in [0.15, 0.2) is 0 Å². The zero-order chi connectivity index (χ0) is 7.61. The zero-order valence-electron chi connectivity index (χ0n) is 6.39. The number of halogens is 1. The molecule has 2 nitrogen and oxygen atoms in total. The fourth-order valence-electron chi connectivity index (χ4n) is 1.17. The summed E-state index contributed by atoms with van der Waals surface area (Å²) in [6.07, 6.45) is 1.88. The van der Waals surface area contributed by atoms with Gasteiger partial charge in [-0.05, 0) is 19.8 Å². The van der Waals surface area contributed by atoms with Crippen molar-refractivity contribution < 1.29 is 9.47 Å². The lowest BCUT2D eigenvalue weighted by atomic mass is 10.1. The summed E-state index contributed by atoms with van der Waals surface area (Å²) in [6.45, 7) is 2.74. The van der Waals surface area contributed by atoms with E-state index in [2.05, 4.69) is 0 Å². The number of hydrogen-bond donors (Lipinski definition) is 0. The van der Waals surface area contributed by atoms with Gasteiger partial charge in [-0.15, -0.1) is 0 Å². The smallest absolute Gasteiger partial charge is 0.167 e. The van der Waals surface area contributed by atoms with Gasteiger partial charge in [-0.2, -0.15) is 0 Å². The lowest BCUT2D eigenvalue weighted by molar-refractivity contribution is -0.107. The summed E-state index contributed by atoms with van der Waals surface area (Å²) in [4.78, 5) is 0. The third-order valence-corrected chi connectivity index (χ3v) is 2.63. The summed E-state index contributed by atoms with van der Waals surface area (Å²) >= 11 is 6.06. The normalized spacial score (nSPS) is 41.7. The van der Waals surface area contributed by atoms with Crippen LogP contribution in [0.25, 0.3) is 0 Å². The Labute approximate surface area is 66.5 Å². The molecule has 1 heterocycles. The molecule has 0 spiro atoms. The Bertz CT molecular complexity index is 118. The number of methoxy groups -OCH3 is 1. The van der Waals surface area contributed by atoms with Crippen LogP contribution in [0.2, 0.25) is 0 Å². The number of ether oxygens (including phenoxy) is 2. The van der Waals surface area contributed by atoms with Crippen molar-refractivity contribution >= 4 is 11.6 Å². The Morgan fingerprint density at radius 2 is 2.40 bits per heavy atom. The molecule has 0 aromatic heterocycles. The molecule has 2 unspecified atom stereocenters. The molecule has 3 heteroatoms. The van der Waals surface area contributed by atoms with E-state index in [0.29, 0.717) is 0 Å². The maximum absolute atomic E-state index is 6.06. The Morgan fingerprint density at radius 3 is 2.80 bits per heavy atom. The van der Waals surface area contributed by atoms with E-state index in [4.69, 9.17) is 21.1 Å². The second kappa shape index (κ2) is 3.07. The van der Waals surface area contributed by atoms with Gasteiger partial charge in [0.1, 0.15) is 0 Å². The first-order chi connectivity index (χ1) is 4.69. The molecule has 0 aromatic carbocycles. The van der Waals surface area contributed by atoms with Crippen LogP contribution >= 0.6 is 11.6 Å². The van der Waals surface area contributed by atoms with Crippen molar-refractivity contribution in [1.29, 1.82) is 0 Å². The lowest BCUT2D eigenvalue weighted by Crippen LogP contribution is -2.42. The average Bonchev–Trinajstić information content (AvgIpc) is 1.96. The molecule has 1 rings (SSSR count). The Kier molecular flexibility index (Phi) is 2.55. The lowest BCUT2D eigenvalue weighted by Gasteiger charge is -2.35. The van der Waals surface area contributed by atoms with E-state index in [-0.39, 0.29) is 6.10 Å². The fourth-order valence-corrected chi connectivity index (χ4v) is 1.37. The first-order valence-electron chi connectivity index (χ1n) is 3.55. The van der Waals surface area contributed by atoms with Gasteiger partial charge in [0.2, 0.25) is 0 Å². The van der Waals surface area contributed by atoms with Gasteiger partial charge in [0.15, 0.2) is 5.06 Å². The Morgan fingerprint density at radius 1 is 1.70 bits per heavy atom. The van der Waals surface area contributed by atoms with Crippen molar-refractivity contribution in [1.82, 2.24) is 0 Å². The highest BCUT2D eigenvalue weighted by molar-refractivity contribution is 6.23. The summed E-state index contributed by atoms with van der Waals surface area (Å²) in [7, 11) is 1.62. The van der Waals surface area contributed by atoms with Crippen LogP contribution in [0.1, 0.15) is 19.8 Å². The monoisotopic (exact) mass is 164 g/mol. The molecule has 1 aliphatic rings. The molecule has 0 bridgehead atoms. The molecule has 1 fully saturated rings. The molecular weight excluding hydrogens is 152 g/mol. The van der Waals surface area contributed by atoms with Gasteiger partial charge in [-0.1, -0.05) is 11.6 Å². The van der Waals surface area contributed by atoms with Crippen LogP contribution < -0.4 is 0 Å². The molecular formula is C7H13ClO2. The first kappa shape index (κ1) is 8.31. The average molecular weight is 165 g/mol. The quantitative estimate of drug-likeness (QED) is 0.550. The molecule has 10 heavy (non-hydrogen) atoms. The fraction of sp³-hybridized carbons (Fsp3) is 1.00. The van der Waals surface area contributed by atoms with Gasteiger partial charge in [-0.3, -0.25) is 0 Å². The highest BCUT2D eigenvalue weighted by Gasteiger charge is 2.37. The molecule has 60 valence electrons. The van der Waals surface area contributed by atoms with Crippen LogP contribution in [0.5, 0.6) is 0 Å². The minimum Gasteiger partial charge on any atom is -0.374 e. The maximum Gasteiger partial charge on any atom is 0.167 e. The van der Waals surface area contributed by atoms with E-state index >= 15 is 0 Å². The van der Waals surface area contributed by atoms with E-state index in [9.17, 15) is 0 Å². The molecule has 0 aliphatic carbocycles. The predicted molar refractivity (Wildman–Crippen MR) is 40.2 cm³/mol. The predicted octanol–water partition coefficient (Wildman–Crippen LogP) is 1.77. The number of rotatable bonds is 1. The van der Waals surface area contributed by atoms with E-state index in [0.717, 1.165) is 19.4 Å². The van der Waals surface area contributed by atoms with Gasteiger partial charge in [0.05, 0.1) is 6.10 Å². The minimum absolute atomic E-state index is 0.00733. The van der Waals surface area contributed by atoms with Crippen molar-refractivity contribution in [3.8, 4) is 0 Å². The van der Waals surface area contributed by atoms with Crippen molar-refractivity contribution in [2.45, 2.75) is 30.9 Å². The Balaban J connectivity index is 2.54. The third-order valence-electron chi connectivity index (χ3n) is 1.98. The molecule has 2 atom stereocenters. The topological polar surface area (TPSA) is 18.5 Å². The Hall–Kier alpha value is 0.210. The van der Waals surface area contributed by atoms with Gasteiger partial charge < -0.3 is 9.47 Å². The largest absolute Gasteiger partial charge is 0.374 e. The molecule has 0 aromatic rings. The van der Waals surface area contributed by atoms with Crippen molar-refractivity contribution in [2.75, 3.05) is 13.7 Å². The van der Waals surface area contributed by atoms with Gasteiger partial charge in [0.25, 0.3) is 0 Å². The van der Waals surface area contributed by atoms with Crippen LogP contribution in [-0.4, -0.2) is 24.9 Å². The molecule has 0 N–H and O–H groups in total. The van der Waals surface area contributed by atoms with E-state index in [1.807, 2.05) is 6.92 Å². The number of alkyl halides is 1. The summed E-state index contributed by atoms with van der Waals surface area (Å²) in [5.74, 6) is 0. The molecule has 0 radical (unpaired) electrons. The number of hydrogen-bond acceptors (Lipinski definition) is 2. The van der Waals surface area contributed by atoms with Crippen molar-refractivity contribution in [2.24, 2.45) is 0 Å². The summed E-state index contributed by atoms with van der Waals surface area (Å²) in [6, 6.07) is 0. The standard InChI is InChI=1S/C7H13ClO2/c1-6-7(8,9-2)4-3-5-10-6/h6H,3-5H2,1-2H3. The SMILES string of the molecule is COC1(Cl)CCCOC1C. The maximum atomic E-state index is 6.06. The summed E-state index contributed by atoms with van der Waals surface area (Å²) in [5, 5.41) is -0.571. The summed E-state index contributed by atoms with van der Waals surface area (Å²) in [5.41, 5.74) is 0. The molecule has 0 saturated carbocycles. The second-order valence-electron chi connectivity index (χ2n) is 2.61. The van der Waals surface area contributed by atoms with E-state index in [1.54, 1.807) is 7.11 Å².